The van der Waals surface area contributed by atoms with Crippen molar-refractivity contribution in [3.8, 4) is 11.7 Å². The van der Waals surface area contributed by atoms with Gasteiger partial charge in [-0.2, -0.15) is 0 Å². The van der Waals surface area contributed by atoms with E-state index in [2.05, 4.69) is 44.7 Å². The van der Waals surface area contributed by atoms with Crippen LogP contribution in [0.2, 0.25) is 0 Å². The molecule has 1 atom stereocenters. The summed E-state index contributed by atoms with van der Waals surface area (Å²) in [6.45, 7) is 13.4. The molecule has 3 aromatic rings. The summed E-state index contributed by atoms with van der Waals surface area (Å²) >= 11 is 0. The SMILES string of the molecule is Cc1cn(-c2ccc(C(=O)NS(=O)(=O)c3ccc[nH]c3=O)c(N3CCC(C)C3(C)C)n2)nc1OCC(C)C. The molecule has 1 aliphatic heterocycles. The second-order valence-corrected chi connectivity index (χ2v) is 12.3. The smallest absolute Gasteiger partial charge is 0.269 e. The Bertz CT molecular complexity index is 1510. The molecule has 1 saturated heterocycles. The first-order chi connectivity index (χ1) is 17.8. The van der Waals surface area contributed by atoms with Gasteiger partial charge >= 0.3 is 0 Å². The van der Waals surface area contributed by atoms with Crippen LogP contribution in [0.15, 0.2) is 46.3 Å². The number of sulfonamides is 1. The van der Waals surface area contributed by atoms with Crippen LogP contribution in [0.25, 0.3) is 5.82 Å². The molecule has 0 aromatic carbocycles. The van der Waals surface area contributed by atoms with Crippen LogP contribution in [-0.4, -0.2) is 52.8 Å². The lowest BCUT2D eigenvalue weighted by Crippen LogP contribution is -2.44. The van der Waals surface area contributed by atoms with Crippen LogP contribution in [-0.2, 0) is 10.0 Å². The predicted octanol–water partition coefficient (Wildman–Crippen LogP) is 3.04. The normalized spacial score (nSPS) is 17.1. The molecular weight excluding hydrogens is 508 g/mol. The monoisotopic (exact) mass is 542 g/mol. The number of anilines is 1. The van der Waals surface area contributed by atoms with Crippen LogP contribution in [0, 0.1) is 18.8 Å². The summed E-state index contributed by atoms with van der Waals surface area (Å²) in [5, 5.41) is 4.53. The number of hydrogen-bond donors (Lipinski definition) is 2. The molecule has 4 heterocycles. The minimum absolute atomic E-state index is 0.0759. The quantitative estimate of drug-likeness (QED) is 0.443. The molecule has 38 heavy (non-hydrogen) atoms. The topological polar surface area (TPSA) is 139 Å². The van der Waals surface area contributed by atoms with Crippen LogP contribution < -0.4 is 19.9 Å². The van der Waals surface area contributed by atoms with Gasteiger partial charge in [0.2, 0.25) is 5.88 Å². The zero-order chi connectivity index (χ0) is 27.8. The molecule has 0 aliphatic carbocycles. The number of H-pyrrole nitrogens is 1. The van der Waals surface area contributed by atoms with Crippen molar-refractivity contribution in [2.45, 2.75) is 58.4 Å². The first-order valence-corrected chi connectivity index (χ1v) is 14.0. The summed E-state index contributed by atoms with van der Waals surface area (Å²) in [4.78, 5) is 34.0. The number of nitrogens with one attached hydrogen (secondary N) is 2. The van der Waals surface area contributed by atoms with Crippen molar-refractivity contribution in [3.05, 3.63) is 58.1 Å². The predicted molar refractivity (Wildman–Crippen MR) is 143 cm³/mol. The van der Waals surface area contributed by atoms with Gasteiger partial charge in [-0.1, -0.05) is 20.8 Å². The highest BCUT2D eigenvalue weighted by Crippen LogP contribution is 2.39. The number of rotatable bonds is 8. The maximum atomic E-state index is 13.4. The summed E-state index contributed by atoms with van der Waals surface area (Å²) in [6, 6.07) is 5.65. The van der Waals surface area contributed by atoms with E-state index in [1.54, 1.807) is 16.9 Å². The highest BCUT2D eigenvalue weighted by molar-refractivity contribution is 7.90. The summed E-state index contributed by atoms with van der Waals surface area (Å²) in [6.07, 6.45) is 3.99. The minimum Gasteiger partial charge on any atom is -0.476 e. The number of aromatic amines is 1. The molecule has 0 spiro atoms. The summed E-state index contributed by atoms with van der Waals surface area (Å²) in [7, 11) is -4.42. The zero-order valence-corrected chi connectivity index (χ0v) is 23.3. The standard InChI is InChI=1S/C26H34N6O5S/c1-16(2)15-37-25-17(3)14-32(29-25)21-10-9-19(22(28-21)31-13-11-18(4)26(31,5)6)23(33)30-38(35,36)20-8-7-12-27-24(20)34/h7-10,12,14,16,18H,11,13,15H2,1-6H3,(H,27,34)(H,30,33). The Balaban J connectivity index is 1.75. The molecule has 11 nitrogen and oxygen atoms in total. The Morgan fingerprint density at radius 2 is 2.03 bits per heavy atom. The van der Waals surface area contributed by atoms with E-state index in [1.807, 2.05) is 16.5 Å². The highest BCUT2D eigenvalue weighted by atomic mass is 32.2. The summed E-state index contributed by atoms with van der Waals surface area (Å²) in [5.41, 5.74) is -0.250. The lowest BCUT2D eigenvalue weighted by molar-refractivity contribution is 0.0981. The Hall–Kier alpha value is -3.67. The molecule has 1 aliphatic rings. The summed E-state index contributed by atoms with van der Waals surface area (Å²) in [5.74, 6) is 1.05. The Kier molecular flexibility index (Phi) is 7.37. The van der Waals surface area contributed by atoms with Crippen molar-refractivity contribution >= 4 is 21.7 Å². The van der Waals surface area contributed by atoms with Gasteiger partial charge in [-0.25, -0.2) is 22.8 Å². The van der Waals surface area contributed by atoms with Gasteiger partial charge < -0.3 is 14.6 Å². The number of hydrogen-bond acceptors (Lipinski definition) is 8. The fourth-order valence-electron chi connectivity index (χ4n) is 4.36. The second-order valence-electron chi connectivity index (χ2n) is 10.6. The van der Waals surface area contributed by atoms with Gasteiger partial charge in [0, 0.05) is 30.0 Å². The van der Waals surface area contributed by atoms with Gasteiger partial charge in [-0.05, 0) is 63.3 Å². The van der Waals surface area contributed by atoms with Crippen LogP contribution >= 0.6 is 0 Å². The third-order valence-corrected chi connectivity index (χ3v) is 8.34. The summed E-state index contributed by atoms with van der Waals surface area (Å²) < 4.78 is 35.2. The van der Waals surface area contributed by atoms with Gasteiger partial charge in [0.15, 0.2) is 10.7 Å². The molecule has 0 saturated carbocycles. The number of carbonyl (C=O) groups excluding carboxylic acids is 1. The van der Waals surface area contributed by atoms with Crippen molar-refractivity contribution in [2.75, 3.05) is 18.1 Å². The number of ether oxygens (including phenoxy) is 1. The van der Waals surface area contributed by atoms with E-state index in [0.29, 0.717) is 42.5 Å². The van der Waals surface area contributed by atoms with E-state index in [0.717, 1.165) is 18.1 Å². The Morgan fingerprint density at radius 3 is 2.66 bits per heavy atom. The van der Waals surface area contributed by atoms with Crippen LogP contribution in [0.1, 0.15) is 57.0 Å². The Labute approximate surface area is 222 Å². The molecule has 2 N–H and O–H groups in total. The number of carbonyl (C=O) groups is 1. The molecule has 204 valence electrons. The van der Waals surface area contributed by atoms with Crippen molar-refractivity contribution < 1.29 is 17.9 Å². The lowest BCUT2D eigenvalue weighted by Gasteiger charge is -2.36. The Morgan fingerprint density at radius 1 is 1.29 bits per heavy atom. The third kappa shape index (κ3) is 5.31. The van der Waals surface area contributed by atoms with E-state index in [1.165, 1.54) is 18.3 Å². The van der Waals surface area contributed by atoms with Crippen LogP contribution in [0.3, 0.4) is 0 Å². The first kappa shape index (κ1) is 27.4. The molecule has 1 amide bonds. The van der Waals surface area contributed by atoms with E-state index in [9.17, 15) is 18.0 Å². The van der Waals surface area contributed by atoms with Gasteiger partial charge in [0.1, 0.15) is 5.82 Å². The average molecular weight is 543 g/mol. The fraction of sp³-hybridized carbons (Fsp3) is 0.462. The van der Waals surface area contributed by atoms with Gasteiger partial charge in [-0.15, -0.1) is 5.10 Å². The van der Waals surface area contributed by atoms with Crippen molar-refractivity contribution in [1.29, 1.82) is 0 Å². The average Bonchev–Trinajstić information content (AvgIpc) is 3.35. The van der Waals surface area contributed by atoms with Crippen molar-refractivity contribution in [2.24, 2.45) is 11.8 Å². The van der Waals surface area contributed by atoms with Crippen LogP contribution in [0.5, 0.6) is 5.88 Å². The number of pyridine rings is 2. The molecule has 0 bridgehead atoms. The van der Waals surface area contributed by atoms with Gasteiger partial charge in [-0.3, -0.25) is 9.59 Å². The fourth-order valence-corrected chi connectivity index (χ4v) is 5.38. The molecule has 4 rings (SSSR count). The van der Waals surface area contributed by atoms with Crippen molar-refractivity contribution in [3.63, 3.8) is 0 Å². The number of aryl methyl sites for hydroxylation is 1. The number of nitrogens with zero attached hydrogens (tertiary/aromatic N) is 4. The lowest BCUT2D eigenvalue weighted by atomic mass is 9.90. The minimum atomic E-state index is -4.42. The van der Waals surface area contributed by atoms with E-state index in [4.69, 9.17) is 9.72 Å². The number of aromatic nitrogens is 4. The van der Waals surface area contributed by atoms with Crippen LogP contribution in [0.4, 0.5) is 5.82 Å². The van der Waals surface area contributed by atoms with E-state index in [-0.39, 0.29) is 11.1 Å². The maximum Gasteiger partial charge on any atom is 0.269 e. The second kappa shape index (κ2) is 10.2. The van der Waals surface area contributed by atoms with Gasteiger partial charge in [0.05, 0.1) is 12.2 Å². The molecule has 1 fully saturated rings. The van der Waals surface area contributed by atoms with E-state index >= 15 is 0 Å². The highest BCUT2D eigenvalue weighted by Gasteiger charge is 2.41. The molecule has 1 unspecified atom stereocenters. The van der Waals surface area contributed by atoms with Crippen molar-refractivity contribution in [1.82, 2.24) is 24.5 Å². The largest absolute Gasteiger partial charge is 0.476 e. The third-order valence-electron chi connectivity index (χ3n) is 6.99. The zero-order valence-electron chi connectivity index (χ0n) is 22.5. The van der Waals surface area contributed by atoms with Gasteiger partial charge in [0.25, 0.3) is 21.5 Å². The maximum absolute atomic E-state index is 13.4. The molecular formula is C26H34N6O5S. The molecule has 3 aromatic heterocycles. The first-order valence-electron chi connectivity index (χ1n) is 12.5. The van der Waals surface area contributed by atoms with E-state index < -0.39 is 26.4 Å². The molecule has 12 heteroatoms. The molecule has 0 radical (unpaired) electrons. The number of amides is 1.